The van der Waals surface area contributed by atoms with Crippen molar-refractivity contribution in [3.63, 3.8) is 0 Å². The summed E-state index contributed by atoms with van der Waals surface area (Å²) < 4.78 is 0. The molecule has 3 nitrogen and oxygen atoms in total. The number of carbonyl (C=O) groups is 1. The van der Waals surface area contributed by atoms with Crippen LogP contribution < -0.4 is 0 Å². The lowest BCUT2D eigenvalue weighted by Gasteiger charge is -2.32. The van der Waals surface area contributed by atoms with Gasteiger partial charge in [-0.3, -0.25) is 4.79 Å². The zero-order valence-electron chi connectivity index (χ0n) is 10.1. The number of aliphatic hydroxyl groups excluding tert-OH is 1. The van der Waals surface area contributed by atoms with Gasteiger partial charge in [0.2, 0.25) is 5.91 Å². The highest BCUT2D eigenvalue weighted by Gasteiger charge is 2.25. The first-order valence-electron chi connectivity index (χ1n) is 5.98. The minimum Gasteiger partial charge on any atom is -0.392 e. The van der Waals surface area contributed by atoms with E-state index in [1.54, 1.807) is 11.8 Å². The molecule has 0 bridgehead atoms. The van der Waals surface area contributed by atoms with Crippen molar-refractivity contribution in [3.8, 4) is 0 Å². The Hall–Kier alpha value is -0.570. The largest absolute Gasteiger partial charge is 0.392 e. The van der Waals surface area contributed by atoms with Crippen LogP contribution in [0.2, 0.25) is 0 Å². The minimum absolute atomic E-state index is 0.187. The van der Waals surface area contributed by atoms with Crippen LogP contribution in [0.3, 0.4) is 0 Å². The second-order valence-electron chi connectivity index (χ2n) is 4.99. The van der Waals surface area contributed by atoms with E-state index in [0.717, 1.165) is 0 Å². The van der Waals surface area contributed by atoms with Gasteiger partial charge in [0.05, 0.1) is 6.10 Å². The molecule has 1 fully saturated rings. The Balaban J connectivity index is 2.42. The summed E-state index contributed by atoms with van der Waals surface area (Å²) in [6.07, 6.45) is 3.91. The lowest BCUT2D eigenvalue weighted by Crippen LogP contribution is -2.42. The molecule has 1 aliphatic carbocycles. The van der Waals surface area contributed by atoms with E-state index in [1.165, 1.54) is 19.3 Å². The number of hydrogen-bond acceptors (Lipinski definition) is 2. The molecule has 3 heteroatoms. The van der Waals surface area contributed by atoms with Crippen molar-refractivity contribution >= 4 is 5.91 Å². The third-order valence-corrected chi connectivity index (χ3v) is 3.09. The predicted molar refractivity (Wildman–Crippen MR) is 60.5 cm³/mol. The van der Waals surface area contributed by atoms with Crippen molar-refractivity contribution in [3.05, 3.63) is 0 Å². The summed E-state index contributed by atoms with van der Waals surface area (Å²) in [5.74, 6) is 0.809. The first kappa shape index (κ1) is 12.5. The van der Waals surface area contributed by atoms with E-state index in [4.69, 9.17) is 0 Å². The topological polar surface area (TPSA) is 40.5 Å². The molecule has 1 N–H and O–H groups in total. The smallest absolute Gasteiger partial charge is 0.223 e. The molecule has 0 aromatic heterocycles. The Labute approximate surface area is 92.5 Å². The van der Waals surface area contributed by atoms with Crippen LogP contribution in [0.5, 0.6) is 0 Å². The van der Waals surface area contributed by atoms with E-state index >= 15 is 0 Å². The summed E-state index contributed by atoms with van der Waals surface area (Å²) in [6.45, 7) is 6.19. The predicted octanol–water partition coefficient (Wildman–Crippen LogP) is 1.79. The van der Waals surface area contributed by atoms with Crippen LogP contribution in [-0.2, 0) is 4.79 Å². The molecule has 1 atom stereocenters. The fraction of sp³-hybridized carbons (Fsp3) is 0.917. The molecular formula is C12H23NO2. The summed E-state index contributed by atoms with van der Waals surface area (Å²) in [5.41, 5.74) is 0. The highest BCUT2D eigenvalue weighted by molar-refractivity contribution is 5.76. The number of carbonyl (C=O) groups excluding carboxylic acids is 1. The molecule has 1 saturated carbocycles. The molecule has 0 spiro atoms. The molecule has 0 aromatic rings. The van der Waals surface area contributed by atoms with E-state index in [9.17, 15) is 9.90 Å². The van der Waals surface area contributed by atoms with Gasteiger partial charge in [-0.25, -0.2) is 0 Å². The first-order chi connectivity index (χ1) is 7.00. The summed E-state index contributed by atoms with van der Waals surface area (Å²) in [4.78, 5) is 13.7. The van der Waals surface area contributed by atoms with Crippen molar-refractivity contribution in [1.82, 2.24) is 4.90 Å². The van der Waals surface area contributed by atoms with Gasteiger partial charge in [0.15, 0.2) is 0 Å². The van der Waals surface area contributed by atoms with Gasteiger partial charge in [-0.1, -0.05) is 6.42 Å². The van der Waals surface area contributed by atoms with Gasteiger partial charge in [0, 0.05) is 19.0 Å². The molecule has 15 heavy (non-hydrogen) atoms. The normalized spacial score (nSPS) is 18.7. The van der Waals surface area contributed by atoms with Crippen molar-refractivity contribution in [2.24, 2.45) is 5.92 Å². The van der Waals surface area contributed by atoms with Gasteiger partial charge in [-0.2, -0.15) is 0 Å². The molecule has 0 aromatic carbocycles. The maximum atomic E-state index is 11.9. The zero-order chi connectivity index (χ0) is 11.4. The Kier molecular flexibility index (Phi) is 4.58. The molecule has 88 valence electrons. The Bertz CT molecular complexity index is 210. The number of hydrogen-bond donors (Lipinski definition) is 1. The van der Waals surface area contributed by atoms with Gasteiger partial charge in [0.1, 0.15) is 0 Å². The lowest BCUT2D eigenvalue weighted by molar-refractivity contribution is -0.136. The van der Waals surface area contributed by atoms with Gasteiger partial charge < -0.3 is 10.0 Å². The van der Waals surface area contributed by atoms with Crippen LogP contribution in [0, 0.1) is 5.92 Å². The first-order valence-corrected chi connectivity index (χ1v) is 5.98. The average Bonchev–Trinajstić information content (AvgIpc) is 2.06. The molecule has 0 radical (unpaired) electrons. The van der Waals surface area contributed by atoms with Crippen LogP contribution in [0.15, 0.2) is 0 Å². The second kappa shape index (κ2) is 5.50. The number of amides is 1. The van der Waals surface area contributed by atoms with Crippen LogP contribution in [-0.4, -0.2) is 34.6 Å². The summed E-state index contributed by atoms with van der Waals surface area (Å²) in [7, 11) is 0. The molecule has 0 saturated heterocycles. The molecule has 0 aliphatic heterocycles. The average molecular weight is 213 g/mol. The minimum atomic E-state index is -0.433. The van der Waals surface area contributed by atoms with Crippen molar-refractivity contribution in [2.45, 2.75) is 58.6 Å². The van der Waals surface area contributed by atoms with E-state index in [1.807, 2.05) is 13.8 Å². The lowest BCUT2D eigenvalue weighted by atomic mass is 9.82. The second-order valence-corrected chi connectivity index (χ2v) is 4.99. The molecule has 0 heterocycles. The molecular weight excluding hydrogens is 190 g/mol. The van der Waals surface area contributed by atoms with E-state index < -0.39 is 6.10 Å². The Morgan fingerprint density at radius 2 is 2.00 bits per heavy atom. The van der Waals surface area contributed by atoms with Gasteiger partial charge in [-0.05, 0) is 39.5 Å². The number of aliphatic hydroxyl groups is 1. The van der Waals surface area contributed by atoms with Crippen LogP contribution in [0.25, 0.3) is 0 Å². The summed E-state index contributed by atoms with van der Waals surface area (Å²) in [6, 6.07) is 0.187. The standard InChI is InChI=1S/C12H23NO2/c1-9(2)13(8-10(3)14)12(15)7-11-5-4-6-11/h9-11,14H,4-8H2,1-3H3. The van der Waals surface area contributed by atoms with E-state index in [0.29, 0.717) is 18.9 Å². The SMILES string of the molecule is CC(O)CN(C(=O)CC1CCC1)C(C)C. The quantitative estimate of drug-likeness (QED) is 0.756. The van der Waals surface area contributed by atoms with Gasteiger partial charge in [0.25, 0.3) is 0 Å². The highest BCUT2D eigenvalue weighted by atomic mass is 16.3. The van der Waals surface area contributed by atoms with Crippen LogP contribution in [0.4, 0.5) is 0 Å². The number of rotatable bonds is 5. The van der Waals surface area contributed by atoms with Crippen molar-refractivity contribution < 1.29 is 9.90 Å². The highest BCUT2D eigenvalue weighted by Crippen LogP contribution is 2.30. The van der Waals surface area contributed by atoms with Crippen molar-refractivity contribution in [2.75, 3.05) is 6.54 Å². The van der Waals surface area contributed by atoms with Gasteiger partial charge in [-0.15, -0.1) is 0 Å². The molecule has 1 unspecified atom stereocenters. The molecule has 1 aliphatic rings. The summed E-state index contributed by atoms with van der Waals surface area (Å²) in [5, 5.41) is 9.33. The van der Waals surface area contributed by atoms with Crippen LogP contribution in [0.1, 0.15) is 46.5 Å². The Morgan fingerprint density at radius 3 is 2.33 bits per heavy atom. The Morgan fingerprint density at radius 1 is 1.40 bits per heavy atom. The monoisotopic (exact) mass is 213 g/mol. The van der Waals surface area contributed by atoms with Crippen molar-refractivity contribution in [1.29, 1.82) is 0 Å². The zero-order valence-corrected chi connectivity index (χ0v) is 10.1. The maximum Gasteiger partial charge on any atom is 0.223 e. The fourth-order valence-electron chi connectivity index (χ4n) is 1.95. The number of nitrogens with zero attached hydrogens (tertiary/aromatic N) is 1. The maximum absolute atomic E-state index is 11.9. The fourth-order valence-corrected chi connectivity index (χ4v) is 1.95. The van der Waals surface area contributed by atoms with E-state index in [-0.39, 0.29) is 11.9 Å². The molecule has 1 rings (SSSR count). The van der Waals surface area contributed by atoms with Crippen LogP contribution >= 0.6 is 0 Å². The third-order valence-electron chi connectivity index (χ3n) is 3.09. The van der Waals surface area contributed by atoms with E-state index in [2.05, 4.69) is 0 Å². The third kappa shape index (κ3) is 3.82. The van der Waals surface area contributed by atoms with Gasteiger partial charge >= 0.3 is 0 Å². The summed E-state index contributed by atoms with van der Waals surface area (Å²) >= 11 is 0. The molecule has 1 amide bonds.